The van der Waals surface area contributed by atoms with Crippen molar-refractivity contribution in [3.8, 4) is 16.9 Å². The lowest BCUT2D eigenvalue weighted by molar-refractivity contribution is 0.662. The number of para-hydroxylation sites is 2. The van der Waals surface area contributed by atoms with Crippen LogP contribution in [0.4, 0.5) is 0 Å². The highest BCUT2D eigenvalue weighted by molar-refractivity contribution is 6.30. The molecule has 0 radical (unpaired) electrons. The molecule has 3 aromatic heterocycles. The van der Waals surface area contributed by atoms with E-state index < -0.39 is 0 Å². The second kappa shape index (κ2) is 6.39. The molecule has 4 aromatic carbocycles. The Morgan fingerprint density at radius 1 is 0.743 bits per heavy atom. The first kappa shape index (κ1) is 19.0. The van der Waals surface area contributed by atoms with Crippen molar-refractivity contribution in [3.05, 3.63) is 108 Å². The van der Waals surface area contributed by atoms with E-state index in [-0.39, 0.29) is 5.41 Å². The maximum Gasteiger partial charge on any atom is 0.146 e. The van der Waals surface area contributed by atoms with E-state index in [0.717, 1.165) is 27.9 Å². The minimum Gasteiger partial charge on any atom is -0.455 e. The van der Waals surface area contributed by atoms with Crippen LogP contribution >= 0.6 is 0 Å². The average molecular weight is 451 g/mol. The van der Waals surface area contributed by atoms with Crippen LogP contribution in [0.5, 0.6) is 0 Å². The van der Waals surface area contributed by atoms with Gasteiger partial charge >= 0.3 is 0 Å². The zero-order chi connectivity index (χ0) is 23.3. The summed E-state index contributed by atoms with van der Waals surface area (Å²) in [4.78, 5) is 4.80. The fourth-order valence-corrected chi connectivity index (χ4v) is 6.40. The fraction of sp³-hybridized carbons (Fsp3) is 0.0938. The van der Waals surface area contributed by atoms with Crippen molar-refractivity contribution in [2.24, 2.45) is 0 Å². The van der Waals surface area contributed by atoms with Gasteiger partial charge in [0.15, 0.2) is 0 Å². The standard InChI is InChI=1S/C32H22N2O/c1-32(2)22-14-6-3-11-19(22)26-27-21-13-5-8-16-24(21)35-31(27)28-20-12-4-7-15-23(20)34(30(28)29(26)32)25-17-9-10-18-33-25/h3-18H,1-2H3. The van der Waals surface area contributed by atoms with Gasteiger partial charge in [-0.05, 0) is 46.5 Å². The molecule has 1 aliphatic rings. The predicted molar refractivity (Wildman–Crippen MR) is 143 cm³/mol. The molecule has 3 heteroatoms. The zero-order valence-electron chi connectivity index (χ0n) is 19.5. The van der Waals surface area contributed by atoms with Crippen LogP contribution in [0.15, 0.2) is 102 Å². The Morgan fingerprint density at radius 3 is 2.34 bits per heavy atom. The highest BCUT2D eigenvalue weighted by Gasteiger charge is 2.41. The molecule has 0 atom stereocenters. The van der Waals surface area contributed by atoms with E-state index in [1.807, 2.05) is 12.3 Å². The largest absolute Gasteiger partial charge is 0.455 e. The molecule has 0 spiro atoms. The van der Waals surface area contributed by atoms with Crippen LogP contribution in [-0.2, 0) is 5.41 Å². The maximum absolute atomic E-state index is 6.70. The van der Waals surface area contributed by atoms with Gasteiger partial charge in [-0.25, -0.2) is 4.98 Å². The van der Waals surface area contributed by atoms with Gasteiger partial charge in [-0.1, -0.05) is 80.6 Å². The summed E-state index contributed by atoms with van der Waals surface area (Å²) in [6.07, 6.45) is 1.87. The van der Waals surface area contributed by atoms with E-state index in [0.29, 0.717) is 0 Å². The lowest BCUT2D eigenvalue weighted by Crippen LogP contribution is -2.16. The molecule has 166 valence electrons. The molecule has 0 unspecified atom stereocenters. The fourth-order valence-electron chi connectivity index (χ4n) is 6.40. The Balaban J connectivity index is 1.76. The number of furan rings is 1. The second-order valence-corrected chi connectivity index (χ2v) is 9.99. The molecule has 3 heterocycles. The van der Waals surface area contributed by atoms with Gasteiger partial charge in [0.05, 0.1) is 16.4 Å². The van der Waals surface area contributed by atoms with Gasteiger partial charge < -0.3 is 4.42 Å². The summed E-state index contributed by atoms with van der Waals surface area (Å²) in [6, 6.07) is 32.0. The van der Waals surface area contributed by atoms with Crippen LogP contribution in [-0.4, -0.2) is 9.55 Å². The Kier molecular flexibility index (Phi) is 3.47. The molecule has 7 aromatic rings. The molecular formula is C32H22N2O. The SMILES string of the molecule is CC1(C)c2ccccc2-c2c1c1c(c3ccccc3n1-c1ccccn1)c1oc3ccccc3c21. The van der Waals surface area contributed by atoms with Crippen molar-refractivity contribution >= 4 is 43.7 Å². The van der Waals surface area contributed by atoms with Crippen molar-refractivity contribution in [2.45, 2.75) is 19.3 Å². The summed E-state index contributed by atoms with van der Waals surface area (Å²) in [7, 11) is 0. The molecule has 35 heavy (non-hydrogen) atoms. The van der Waals surface area contributed by atoms with E-state index in [1.165, 1.54) is 43.9 Å². The normalized spacial score (nSPS) is 14.2. The van der Waals surface area contributed by atoms with Gasteiger partial charge in [0, 0.05) is 27.8 Å². The highest BCUT2D eigenvalue weighted by atomic mass is 16.3. The smallest absolute Gasteiger partial charge is 0.146 e. The maximum atomic E-state index is 6.70. The quantitative estimate of drug-likeness (QED) is 0.251. The Hall–Kier alpha value is -4.37. The van der Waals surface area contributed by atoms with Crippen LogP contribution in [0.3, 0.4) is 0 Å². The first-order chi connectivity index (χ1) is 17.2. The highest BCUT2D eigenvalue weighted by Crippen LogP contribution is 2.57. The second-order valence-electron chi connectivity index (χ2n) is 9.99. The first-order valence-electron chi connectivity index (χ1n) is 12.1. The van der Waals surface area contributed by atoms with Crippen molar-refractivity contribution in [2.75, 3.05) is 0 Å². The number of aromatic nitrogens is 2. The molecule has 0 fully saturated rings. The third-order valence-corrected chi connectivity index (χ3v) is 7.81. The zero-order valence-corrected chi connectivity index (χ0v) is 19.5. The van der Waals surface area contributed by atoms with Crippen LogP contribution in [0.1, 0.15) is 25.0 Å². The predicted octanol–water partition coefficient (Wildman–Crippen LogP) is 8.38. The van der Waals surface area contributed by atoms with E-state index in [1.54, 1.807) is 0 Å². The van der Waals surface area contributed by atoms with E-state index in [9.17, 15) is 0 Å². The number of rotatable bonds is 1. The Labute approximate surface area is 202 Å². The molecule has 0 bridgehead atoms. The summed E-state index contributed by atoms with van der Waals surface area (Å²) in [6.45, 7) is 4.71. The Morgan fingerprint density at radius 2 is 1.49 bits per heavy atom. The molecule has 0 saturated heterocycles. The third-order valence-electron chi connectivity index (χ3n) is 7.81. The van der Waals surface area contributed by atoms with Gasteiger partial charge in [-0.3, -0.25) is 4.57 Å². The van der Waals surface area contributed by atoms with Gasteiger partial charge in [0.1, 0.15) is 17.0 Å². The molecule has 1 aliphatic carbocycles. The first-order valence-corrected chi connectivity index (χ1v) is 12.1. The molecule has 0 amide bonds. The summed E-state index contributed by atoms with van der Waals surface area (Å²) < 4.78 is 9.03. The molecule has 3 nitrogen and oxygen atoms in total. The lowest BCUT2D eigenvalue weighted by Gasteiger charge is -2.23. The van der Waals surface area contributed by atoms with Crippen molar-refractivity contribution in [1.29, 1.82) is 0 Å². The van der Waals surface area contributed by atoms with Crippen molar-refractivity contribution in [3.63, 3.8) is 0 Å². The summed E-state index contributed by atoms with van der Waals surface area (Å²) in [5, 5.41) is 4.73. The number of benzene rings is 4. The topological polar surface area (TPSA) is 31.0 Å². The van der Waals surface area contributed by atoms with Gasteiger partial charge in [-0.2, -0.15) is 0 Å². The molecule has 0 aliphatic heterocycles. The molecule has 0 N–H and O–H groups in total. The lowest BCUT2D eigenvalue weighted by atomic mass is 9.81. The van der Waals surface area contributed by atoms with Crippen LogP contribution in [0.2, 0.25) is 0 Å². The van der Waals surface area contributed by atoms with Gasteiger partial charge in [-0.15, -0.1) is 0 Å². The average Bonchev–Trinajstić information content (AvgIpc) is 3.51. The minimum atomic E-state index is -0.183. The van der Waals surface area contributed by atoms with E-state index in [4.69, 9.17) is 9.40 Å². The van der Waals surface area contributed by atoms with Crippen molar-refractivity contribution < 1.29 is 4.42 Å². The summed E-state index contributed by atoms with van der Waals surface area (Å²) in [5.41, 5.74) is 9.31. The van der Waals surface area contributed by atoms with Crippen LogP contribution in [0.25, 0.3) is 60.7 Å². The number of hydrogen-bond donors (Lipinski definition) is 0. The van der Waals surface area contributed by atoms with Crippen LogP contribution in [0, 0.1) is 0 Å². The number of hydrogen-bond acceptors (Lipinski definition) is 2. The van der Waals surface area contributed by atoms with Crippen LogP contribution < -0.4 is 0 Å². The number of nitrogens with zero attached hydrogens (tertiary/aromatic N) is 2. The Bertz CT molecular complexity index is 1970. The molecule has 8 rings (SSSR count). The minimum absolute atomic E-state index is 0.183. The van der Waals surface area contributed by atoms with Gasteiger partial charge in [0.25, 0.3) is 0 Å². The number of pyridine rings is 1. The van der Waals surface area contributed by atoms with E-state index in [2.05, 4.69) is 103 Å². The summed E-state index contributed by atoms with van der Waals surface area (Å²) >= 11 is 0. The summed E-state index contributed by atoms with van der Waals surface area (Å²) in [5.74, 6) is 0.920. The van der Waals surface area contributed by atoms with E-state index >= 15 is 0 Å². The van der Waals surface area contributed by atoms with Gasteiger partial charge in [0.2, 0.25) is 0 Å². The number of fused-ring (bicyclic) bond motifs is 12. The third kappa shape index (κ3) is 2.23. The molecular weight excluding hydrogens is 428 g/mol. The monoisotopic (exact) mass is 450 g/mol. The molecule has 0 saturated carbocycles. The van der Waals surface area contributed by atoms with Crippen molar-refractivity contribution in [1.82, 2.24) is 9.55 Å².